The maximum absolute atomic E-state index is 9.61. The standard InChI is InChI=1S/C20H35N5O/c1-4-5-17-14-20(22-16(2)21-17)24-11-12-25(19(15-24)8-13-26)18-6-9-23(3)10-7-18/h14,18-19,26H,4-13,15H2,1-3H3. The minimum Gasteiger partial charge on any atom is -0.396 e. The number of rotatable bonds is 6. The van der Waals surface area contributed by atoms with E-state index in [1.807, 2.05) is 6.92 Å². The van der Waals surface area contributed by atoms with E-state index < -0.39 is 0 Å². The van der Waals surface area contributed by atoms with Crippen molar-refractivity contribution in [1.29, 1.82) is 0 Å². The van der Waals surface area contributed by atoms with E-state index in [9.17, 15) is 5.11 Å². The molecule has 3 rings (SSSR count). The highest BCUT2D eigenvalue weighted by atomic mass is 16.3. The van der Waals surface area contributed by atoms with Gasteiger partial charge < -0.3 is 14.9 Å². The van der Waals surface area contributed by atoms with Crippen molar-refractivity contribution in [3.63, 3.8) is 0 Å². The van der Waals surface area contributed by atoms with E-state index in [1.54, 1.807) is 0 Å². The molecule has 2 aliphatic rings. The number of hydrogen-bond donors (Lipinski definition) is 1. The fourth-order valence-electron chi connectivity index (χ4n) is 4.45. The normalized spacial score (nSPS) is 23.5. The topological polar surface area (TPSA) is 55.7 Å². The third-order valence-electron chi connectivity index (χ3n) is 5.86. The molecule has 146 valence electrons. The molecule has 0 saturated carbocycles. The maximum atomic E-state index is 9.61. The van der Waals surface area contributed by atoms with E-state index in [0.29, 0.717) is 12.1 Å². The van der Waals surface area contributed by atoms with Crippen LogP contribution in [0.25, 0.3) is 0 Å². The summed E-state index contributed by atoms with van der Waals surface area (Å²) in [6.07, 6.45) is 5.44. The Bertz CT molecular complexity index is 573. The predicted molar refractivity (Wildman–Crippen MR) is 106 cm³/mol. The van der Waals surface area contributed by atoms with Gasteiger partial charge in [-0.25, -0.2) is 9.97 Å². The highest BCUT2D eigenvalue weighted by molar-refractivity contribution is 5.41. The molecule has 2 fully saturated rings. The van der Waals surface area contributed by atoms with Crippen LogP contribution >= 0.6 is 0 Å². The van der Waals surface area contributed by atoms with Gasteiger partial charge in [-0.1, -0.05) is 13.3 Å². The zero-order chi connectivity index (χ0) is 18.5. The second-order valence-electron chi connectivity index (χ2n) is 7.90. The largest absolute Gasteiger partial charge is 0.396 e. The number of aromatic nitrogens is 2. The molecule has 2 saturated heterocycles. The Hall–Kier alpha value is -1.24. The molecular formula is C20H35N5O. The van der Waals surface area contributed by atoms with Crippen LogP contribution in [-0.2, 0) is 6.42 Å². The molecule has 1 aromatic rings. The summed E-state index contributed by atoms with van der Waals surface area (Å²) in [6, 6.07) is 3.23. The molecule has 0 bridgehead atoms. The molecule has 6 nitrogen and oxygen atoms in total. The highest BCUT2D eigenvalue weighted by Crippen LogP contribution is 2.25. The van der Waals surface area contributed by atoms with Crippen molar-refractivity contribution in [2.45, 2.75) is 58.0 Å². The molecule has 26 heavy (non-hydrogen) atoms. The number of hydrogen-bond acceptors (Lipinski definition) is 6. The average Bonchev–Trinajstić information content (AvgIpc) is 2.63. The van der Waals surface area contributed by atoms with Gasteiger partial charge in [-0.15, -0.1) is 0 Å². The quantitative estimate of drug-likeness (QED) is 0.832. The maximum Gasteiger partial charge on any atom is 0.132 e. The first-order valence-electron chi connectivity index (χ1n) is 10.3. The van der Waals surface area contributed by atoms with E-state index in [1.165, 1.54) is 25.9 Å². The molecule has 0 spiro atoms. The summed E-state index contributed by atoms with van der Waals surface area (Å²) in [7, 11) is 2.21. The van der Waals surface area contributed by atoms with Gasteiger partial charge in [0, 0.05) is 50.1 Å². The smallest absolute Gasteiger partial charge is 0.132 e. The van der Waals surface area contributed by atoms with Gasteiger partial charge in [0.25, 0.3) is 0 Å². The first-order chi connectivity index (χ1) is 12.6. The lowest BCUT2D eigenvalue weighted by Gasteiger charge is -2.47. The highest BCUT2D eigenvalue weighted by Gasteiger charge is 2.33. The average molecular weight is 362 g/mol. The Morgan fingerprint density at radius 1 is 1.15 bits per heavy atom. The monoisotopic (exact) mass is 361 g/mol. The van der Waals surface area contributed by atoms with Crippen molar-refractivity contribution < 1.29 is 5.11 Å². The number of piperidine rings is 1. The van der Waals surface area contributed by atoms with Gasteiger partial charge in [-0.05, 0) is 52.7 Å². The summed E-state index contributed by atoms with van der Waals surface area (Å²) in [6.45, 7) is 9.82. The number of aliphatic hydroxyl groups excluding tert-OH is 1. The molecular weight excluding hydrogens is 326 g/mol. The lowest BCUT2D eigenvalue weighted by Crippen LogP contribution is -2.58. The number of anilines is 1. The number of piperazine rings is 1. The number of nitrogens with zero attached hydrogens (tertiary/aromatic N) is 5. The van der Waals surface area contributed by atoms with E-state index in [0.717, 1.165) is 56.2 Å². The van der Waals surface area contributed by atoms with E-state index in [-0.39, 0.29) is 6.61 Å². The van der Waals surface area contributed by atoms with Crippen molar-refractivity contribution in [1.82, 2.24) is 19.8 Å². The fourth-order valence-corrected chi connectivity index (χ4v) is 4.45. The van der Waals surface area contributed by atoms with Gasteiger partial charge in [0.1, 0.15) is 11.6 Å². The summed E-state index contributed by atoms with van der Waals surface area (Å²) in [5.74, 6) is 1.93. The third-order valence-corrected chi connectivity index (χ3v) is 5.86. The van der Waals surface area contributed by atoms with Crippen LogP contribution in [0.3, 0.4) is 0 Å². The summed E-state index contributed by atoms with van der Waals surface area (Å²) in [4.78, 5) is 16.8. The van der Waals surface area contributed by atoms with Crippen LogP contribution in [0, 0.1) is 6.92 Å². The van der Waals surface area contributed by atoms with Gasteiger partial charge in [0.05, 0.1) is 0 Å². The Labute approximate surface area is 158 Å². The molecule has 1 atom stereocenters. The van der Waals surface area contributed by atoms with Crippen molar-refractivity contribution in [3.05, 3.63) is 17.6 Å². The molecule has 1 unspecified atom stereocenters. The molecule has 2 aliphatic heterocycles. The molecule has 3 heterocycles. The minimum absolute atomic E-state index is 0.255. The van der Waals surface area contributed by atoms with Gasteiger partial charge in [0.2, 0.25) is 0 Å². The zero-order valence-corrected chi connectivity index (χ0v) is 16.7. The first kappa shape index (κ1) is 19.5. The first-order valence-corrected chi connectivity index (χ1v) is 10.3. The summed E-state index contributed by atoms with van der Waals surface area (Å²) in [5.41, 5.74) is 1.14. The fraction of sp³-hybridized carbons (Fsp3) is 0.800. The summed E-state index contributed by atoms with van der Waals surface area (Å²) in [5, 5.41) is 9.61. The third kappa shape index (κ3) is 4.72. The van der Waals surface area contributed by atoms with Gasteiger partial charge in [-0.3, -0.25) is 4.90 Å². The molecule has 0 aromatic carbocycles. The lowest BCUT2D eigenvalue weighted by molar-refractivity contribution is 0.0596. The van der Waals surface area contributed by atoms with Crippen LogP contribution < -0.4 is 4.90 Å². The second kappa shape index (κ2) is 9.11. The van der Waals surface area contributed by atoms with Crippen molar-refractivity contribution in [2.75, 3.05) is 51.3 Å². The summed E-state index contributed by atoms with van der Waals surface area (Å²) >= 11 is 0. The Morgan fingerprint density at radius 3 is 2.62 bits per heavy atom. The molecule has 1 aromatic heterocycles. The van der Waals surface area contributed by atoms with Crippen LogP contribution in [0.1, 0.15) is 44.1 Å². The van der Waals surface area contributed by atoms with Crippen LogP contribution in [0.5, 0.6) is 0 Å². The van der Waals surface area contributed by atoms with Crippen molar-refractivity contribution in [3.8, 4) is 0 Å². The van der Waals surface area contributed by atoms with E-state index in [4.69, 9.17) is 4.98 Å². The summed E-state index contributed by atoms with van der Waals surface area (Å²) < 4.78 is 0. The Kier molecular flexibility index (Phi) is 6.84. The molecule has 0 aliphatic carbocycles. The molecule has 0 radical (unpaired) electrons. The molecule has 6 heteroatoms. The van der Waals surface area contributed by atoms with E-state index >= 15 is 0 Å². The van der Waals surface area contributed by atoms with Crippen molar-refractivity contribution in [2.24, 2.45) is 0 Å². The molecule has 1 N–H and O–H groups in total. The van der Waals surface area contributed by atoms with Crippen molar-refractivity contribution >= 4 is 5.82 Å². The van der Waals surface area contributed by atoms with Gasteiger partial charge in [-0.2, -0.15) is 0 Å². The number of aliphatic hydroxyl groups is 1. The second-order valence-corrected chi connectivity index (χ2v) is 7.90. The zero-order valence-electron chi connectivity index (χ0n) is 16.7. The van der Waals surface area contributed by atoms with E-state index in [2.05, 4.69) is 39.7 Å². The lowest BCUT2D eigenvalue weighted by atomic mass is 9.98. The number of likely N-dealkylation sites (tertiary alicyclic amines) is 1. The van der Waals surface area contributed by atoms with Crippen LogP contribution in [0.4, 0.5) is 5.82 Å². The Morgan fingerprint density at radius 2 is 1.92 bits per heavy atom. The van der Waals surface area contributed by atoms with Gasteiger partial charge in [0.15, 0.2) is 0 Å². The van der Waals surface area contributed by atoms with Gasteiger partial charge >= 0.3 is 0 Å². The number of aryl methyl sites for hydroxylation is 2. The van der Waals surface area contributed by atoms with Crippen LogP contribution in [0.15, 0.2) is 6.07 Å². The molecule has 0 amide bonds. The van der Waals surface area contributed by atoms with Crippen LogP contribution in [-0.4, -0.2) is 83.3 Å². The SMILES string of the molecule is CCCc1cc(N2CCN(C3CCN(C)CC3)C(CCO)C2)nc(C)n1. The van der Waals surface area contributed by atoms with Crippen LogP contribution in [0.2, 0.25) is 0 Å². The minimum atomic E-state index is 0.255. The Balaban J connectivity index is 1.71. The predicted octanol–water partition coefficient (Wildman–Crippen LogP) is 1.70.